The first-order chi connectivity index (χ1) is 6.77. The smallest absolute Gasteiger partial charge is 0.0857 e. The first-order valence-corrected chi connectivity index (χ1v) is 4.90. The summed E-state index contributed by atoms with van der Waals surface area (Å²) in [5.74, 6) is 0.789. The van der Waals surface area contributed by atoms with Crippen LogP contribution in [0.4, 0.5) is 0 Å². The fourth-order valence-electron chi connectivity index (χ4n) is 0.559. The predicted octanol–water partition coefficient (Wildman–Crippen LogP) is 3.66. The third kappa shape index (κ3) is 17.0. The van der Waals surface area contributed by atoms with Crippen molar-refractivity contribution < 1.29 is 4.74 Å². The van der Waals surface area contributed by atoms with E-state index in [9.17, 15) is 0 Å². The fraction of sp³-hybridized carbons (Fsp3) is 0.417. The Balaban J connectivity index is 0. The van der Waals surface area contributed by atoms with E-state index in [2.05, 4.69) is 11.6 Å². The second kappa shape index (κ2) is 14.2. The standard InChI is InChI=1S/C5H5N.C5H10O.C2H6/c1-2-4-6-5-3-1;1-4-6-5(2)3;1-2/h1-5H;2,4H2,1,3H3;1-2H3. The highest BCUT2D eigenvalue weighted by Crippen LogP contribution is 1.85. The van der Waals surface area contributed by atoms with E-state index in [0.717, 1.165) is 12.4 Å². The summed E-state index contributed by atoms with van der Waals surface area (Å²) in [6.07, 6.45) is 3.50. The maximum Gasteiger partial charge on any atom is 0.0857 e. The Morgan fingerprint density at radius 1 is 1.21 bits per heavy atom. The molecule has 1 heterocycles. The van der Waals surface area contributed by atoms with Gasteiger partial charge in [-0.2, -0.15) is 0 Å². The van der Waals surface area contributed by atoms with Gasteiger partial charge in [0, 0.05) is 12.4 Å². The van der Waals surface area contributed by atoms with Crippen LogP contribution in [0.2, 0.25) is 0 Å². The van der Waals surface area contributed by atoms with Crippen LogP contribution in [0.1, 0.15) is 27.7 Å². The number of rotatable bonds is 2. The third-order valence-electron chi connectivity index (χ3n) is 0.957. The summed E-state index contributed by atoms with van der Waals surface area (Å²) < 4.78 is 4.85. The van der Waals surface area contributed by atoms with E-state index in [-0.39, 0.29) is 0 Å². The zero-order valence-electron chi connectivity index (χ0n) is 9.66. The predicted molar refractivity (Wildman–Crippen MR) is 62.0 cm³/mol. The van der Waals surface area contributed by atoms with Crippen molar-refractivity contribution in [2.75, 3.05) is 6.61 Å². The van der Waals surface area contributed by atoms with Gasteiger partial charge in [0.2, 0.25) is 0 Å². The van der Waals surface area contributed by atoms with E-state index < -0.39 is 0 Å². The summed E-state index contributed by atoms with van der Waals surface area (Å²) >= 11 is 0. The summed E-state index contributed by atoms with van der Waals surface area (Å²) in [5.41, 5.74) is 0. The number of hydrogen-bond donors (Lipinski definition) is 0. The Morgan fingerprint density at radius 2 is 1.71 bits per heavy atom. The highest BCUT2D eigenvalue weighted by molar-refractivity contribution is 4.88. The number of nitrogens with zero attached hydrogens (tertiary/aromatic N) is 1. The zero-order chi connectivity index (χ0) is 11.2. The third-order valence-corrected chi connectivity index (χ3v) is 0.957. The lowest BCUT2D eigenvalue weighted by molar-refractivity contribution is 0.233. The summed E-state index contributed by atoms with van der Waals surface area (Å²) in [5, 5.41) is 0. The van der Waals surface area contributed by atoms with Crippen LogP contribution >= 0.6 is 0 Å². The highest BCUT2D eigenvalue weighted by Gasteiger charge is 1.73. The highest BCUT2D eigenvalue weighted by atomic mass is 16.5. The molecule has 0 aliphatic carbocycles. The molecule has 0 aromatic carbocycles. The van der Waals surface area contributed by atoms with E-state index in [1.807, 2.05) is 45.9 Å². The quantitative estimate of drug-likeness (QED) is 0.672. The first-order valence-electron chi connectivity index (χ1n) is 4.90. The maximum absolute atomic E-state index is 4.85. The Hall–Kier alpha value is -1.31. The molecule has 0 aliphatic rings. The Labute approximate surface area is 87.6 Å². The second-order valence-corrected chi connectivity index (χ2v) is 2.16. The molecule has 0 radical (unpaired) electrons. The molecule has 0 bridgehead atoms. The minimum atomic E-state index is 0.731. The van der Waals surface area contributed by atoms with Crippen LogP contribution in [0.25, 0.3) is 0 Å². The van der Waals surface area contributed by atoms with Crippen LogP contribution in [-0.4, -0.2) is 11.6 Å². The molecule has 0 N–H and O–H groups in total. The molecule has 0 atom stereocenters. The molecule has 0 saturated heterocycles. The van der Waals surface area contributed by atoms with Crippen LogP contribution < -0.4 is 0 Å². The number of allylic oxidation sites excluding steroid dienone is 1. The van der Waals surface area contributed by atoms with Crippen LogP contribution in [0.15, 0.2) is 42.9 Å². The topological polar surface area (TPSA) is 22.1 Å². The molecule has 80 valence electrons. The van der Waals surface area contributed by atoms with Crippen molar-refractivity contribution in [3.05, 3.63) is 42.9 Å². The van der Waals surface area contributed by atoms with E-state index in [4.69, 9.17) is 4.74 Å². The molecule has 0 saturated carbocycles. The molecule has 0 amide bonds. The van der Waals surface area contributed by atoms with Crippen molar-refractivity contribution in [1.82, 2.24) is 4.98 Å². The van der Waals surface area contributed by atoms with Crippen LogP contribution in [-0.2, 0) is 4.74 Å². The number of aromatic nitrogens is 1. The van der Waals surface area contributed by atoms with E-state index in [1.165, 1.54) is 0 Å². The molecule has 2 heteroatoms. The first kappa shape index (κ1) is 15.2. The average molecular weight is 195 g/mol. The molecule has 0 aliphatic heterocycles. The van der Waals surface area contributed by atoms with E-state index >= 15 is 0 Å². The lowest BCUT2D eigenvalue weighted by atomic mass is 10.5. The molecule has 0 fully saturated rings. The SMILES string of the molecule is C=C(C)OCC.CC.c1ccncc1. The molecule has 0 unspecified atom stereocenters. The molecule has 0 spiro atoms. The van der Waals surface area contributed by atoms with E-state index in [1.54, 1.807) is 12.4 Å². The van der Waals surface area contributed by atoms with Crippen molar-refractivity contribution in [3.63, 3.8) is 0 Å². The van der Waals surface area contributed by atoms with Crippen molar-refractivity contribution in [2.24, 2.45) is 0 Å². The largest absolute Gasteiger partial charge is 0.499 e. The average Bonchev–Trinajstić information content (AvgIpc) is 2.24. The zero-order valence-corrected chi connectivity index (χ0v) is 9.66. The molecular weight excluding hydrogens is 174 g/mol. The minimum Gasteiger partial charge on any atom is -0.499 e. The summed E-state index contributed by atoms with van der Waals surface area (Å²) in [7, 11) is 0. The number of ether oxygens (including phenoxy) is 1. The van der Waals surface area contributed by atoms with Gasteiger partial charge in [0.1, 0.15) is 0 Å². The normalized spacial score (nSPS) is 7.14. The molecule has 1 rings (SSSR count). The van der Waals surface area contributed by atoms with Crippen LogP contribution in [0.5, 0.6) is 0 Å². The van der Waals surface area contributed by atoms with Crippen molar-refractivity contribution in [2.45, 2.75) is 27.7 Å². The van der Waals surface area contributed by atoms with Crippen molar-refractivity contribution >= 4 is 0 Å². The van der Waals surface area contributed by atoms with Gasteiger partial charge < -0.3 is 4.74 Å². The lowest BCUT2D eigenvalue weighted by Gasteiger charge is -1.95. The Bertz CT molecular complexity index is 170. The number of pyridine rings is 1. The van der Waals surface area contributed by atoms with Crippen LogP contribution in [0, 0.1) is 0 Å². The Kier molecular flexibility index (Phi) is 15.4. The fourth-order valence-corrected chi connectivity index (χ4v) is 0.559. The summed E-state index contributed by atoms with van der Waals surface area (Å²) in [6.45, 7) is 12.0. The van der Waals surface area contributed by atoms with Gasteiger partial charge in [-0.1, -0.05) is 26.5 Å². The molecule has 2 nitrogen and oxygen atoms in total. The maximum atomic E-state index is 4.85. The van der Waals surface area contributed by atoms with Gasteiger partial charge >= 0.3 is 0 Å². The lowest BCUT2D eigenvalue weighted by Crippen LogP contribution is -1.81. The molecule has 14 heavy (non-hydrogen) atoms. The molecular formula is C12H21NO. The van der Waals surface area contributed by atoms with Crippen molar-refractivity contribution in [1.29, 1.82) is 0 Å². The van der Waals surface area contributed by atoms with Gasteiger partial charge in [-0.05, 0) is 26.0 Å². The minimum absolute atomic E-state index is 0.731. The summed E-state index contributed by atoms with van der Waals surface area (Å²) in [6, 6.07) is 5.72. The van der Waals surface area contributed by atoms with Gasteiger partial charge in [0.25, 0.3) is 0 Å². The van der Waals surface area contributed by atoms with Crippen molar-refractivity contribution in [3.8, 4) is 0 Å². The molecule has 1 aromatic rings. The van der Waals surface area contributed by atoms with Gasteiger partial charge in [0.05, 0.1) is 12.4 Å². The van der Waals surface area contributed by atoms with Gasteiger partial charge in [-0.25, -0.2) is 0 Å². The van der Waals surface area contributed by atoms with Gasteiger partial charge in [-0.15, -0.1) is 0 Å². The second-order valence-electron chi connectivity index (χ2n) is 2.16. The Morgan fingerprint density at radius 3 is 1.79 bits per heavy atom. The van der Waals surface area contributed by atoms with Gasteiger partial charge in [0.15, 0.2) is 0 Å². The van der Waals surface area contributed by atoms with Gasteiger partial charge in [-0.3, -0.25) is 4.98 Å². The van der Waals surface area contributed by atoms with Crippen LogP contribution in [0.3, 0.4) is 0 Å². The van der Waals surface area contributed by atoms with E-state index in [0.29, 0.717) is 0 Å². The summed E-state index contributed by atoms with van der Waals surface area (Å²) in [4.78, 5) is 3.78. The monoisotopic (exact) mass is 195 g/mol. The molecule has 1 aromatic heterocycles. The number of hydrogen-bond acceptors (Lipinski definition) is 2.